The third kappa shape index (κ3) is 4.76. The Labute approximate surface area is 260 Å². The number of halogens is 1. The van der Waals surface area contributed by atoms with Gasteiger partial charge in [-0.25, -0.2) is 9.98 Å². The van der Waals surface area contributed by atoms with Crippen molar-refractivity contribution < 1.29 is 4.42 Å². The van der Waals surface area contributed by atoms with Crippen molar-refractivity contribution in [2.75, 3.05) is 0 Å². The van der Waals surface area contributed by atoms with Gasteiger partial charge in [0.2, 0.25) is 0 Å². The summed E-state index contributed by atoms with van der Waals surface area (Å²) in [7, 11) is 0. The van der Waals surface area contributed by atoms with Crippen molar-refractivity contribution in [2.45, 2.75) is 6.17 Å². The summed E-state index contributed by atoms with van der Waals surface area (Å²) in [5.74, 6) is 1.55. The number of rotatable bonds is 5. The lowest BCUT2D eigenvalue weighted by Gasteiger charge is -2.23. The fourth-order valence-corrected chi connectivity index (χ4v) is 6.07. The minimum atomic E-state index is -0.372. The van der Waals surface area contributed by atoms with E-state index in [1.807, 2.05) is 48.5 Å². The number of amidine groups is 2. The van der Waals surface area contributed by atoms with Crippen molar-refractivity contribution >= 4 is 45.2 Å². The van der Waals surface area contributed by atoms with Crippen LogP contribution in [0.4, 0.5) is 0 Å². The van der Waals surface area contributed by atoms with Gasteiger partial charge in [0.25, 0.3) is 0 Å². The summed E-state index contributed by atoms with van der Waals surface area (Å²) in [5, 5.41) is 6.21. The van der Waals surface area contributed by atoms with Crippen LogP contribution in [0, 0.1) is 0 Å². The van der Waals surface area contributed by atoms with Gasteiger partial charge >= 0.3 is 0 Å². The predicted octanol–water partition coefficient (Wildman–Crippen LogP) is 10.1. The number of furan rings is 1. The van der Waals surface area contributed by atoms with Crippen molar-refractivity contribution in [3.8, 4) is 22.3 Å². The summed E-state index contributed by atoms with van der Waals surface area (Å²) in [5.41, 5.74) is 9.00. The maximum Gasteiger partial charge on any atom is 0.169 e. The van der Waals surface area contributed by atoms with E-state index in [0.717, 1.165) is 61.4 Å². The molecule has 1 aliphatic heterocycles. The van der Waals surface area contributed by atoms with Crippen LogP contribution in [0.15, 0.2) is 160 Å². The maximum atomic E-state index is 6.49. The first-order valence-electron chi connectivity index (χ1n) is 14.6. The third-order valence-corrected chi connectivity index (χ3v) is 8.32. The first-order valence-corrected chi connectivity index (χ1v) is 14.9. The number of hydrogen-bond donors (Lipinski definition) is 1. The smallest absolute Gasteiger partial charge is 0.169 e. The van der Waals surface area contributed by atoms with E-state index in [2.05, 4.69) is 102 Å². The van der Waals surface area contributed by atoms with E-state index in [-0.39, 0.29) is 6.17 Å². The molecular formula is C39H26ClN3O. The monoisotopic (exact) mass is 587 g/mol. The van der Waals surface area contributed by atoms with Crippen LogP contribution < -0.4 is 5.32 Å². The number of fused-ring (bicyclic) bond motifs is 3. The van der Waals surface area contributed by atoms with Crippen LogP contribution >= 0.6 is 11.6 Å². The SMILES string of the molecule is Clc1cccc2c1oc1cccc(-c3cccc(C4=NC(c5ccccc5)N=C(c5ccc(-c6ccccc6)cc5)N4)c3)c12. The average molecular weight is 588 g/mol. The van der Waals surface area contributed by atoms with Crippen molar-refractivity contribution in [1.29, 1.82) is 0 Å². The maximum absolute atomic E-state index is 6.49. The fraction of sp³-hybridized carbons (Fsp3) is 0.0256. The van der Waals surface area contributed by atoms with E-state index in [4.69, 9.17) is 26.0 Å². The highest BCUT2D eigenvalue weighted by Crippen LogP contribution is 2.39. The number of benzene rings is 6. The molecule has 0 spiro atoms. The topological polar surface area (TPSA) is 49.9 Å². The van der Waals surface area contributed by atoms with Crippen molar-refractivity contribution in [3.05, 3.63) is 167 Å². The van der Waals surface area contributed by atoms with Gasteiger partial charge in [-0.1, -0.05) is 139 Å². The van der Waals surface area contributed by atoms with Gasteiger partial charge in [0, 0.05) is 21.9 Å². The van der Waals surface area contributed by atoms with Gasteiger partial charge in [-0.3, -0.25) is 0 Å². The molecule has 2 heterocycles. The molecule has 0 saturated heterocycles. The van der Waals surface area contributed by atoms with Crippen molar-refractivity contribution in [2.24, 2.45) is 9.98 Å². The first kappa shape index (κ1) is 26.2. The normalized spacial score (nSPS) is 14.7. The highest BCUT2D eigenvalue weighted by molar-refractivity contribution is 6.36. The molecule has 0 fully saturated rings. The molecule has 4 nitrogen and oxygen atoms in total. The first-order chi connectivity index (χ1) is 21.7. The molecule has 0 saturated carbocycles. The Hall–Kier alpha value is -5.45. The van der Waals surface area contributed by atoms with Crippen LogP contribution in [0.2, 0.25) is 5.02 Å². The largest absolute Gasteiger partial charge is 0.454 e. The van der Waals surface area contributed by atoms with Gasteiger partial charge in [-0.15, -0.1) is 0 Å². The zero-order chi connectivity index (χ0) is 29.5. The molecule has 1 aromatic heterocycles. The van der Waals surface area contributed by atoms with Crippen LogP contribution in [-0.2, 0) is 0 Å². The van der Waals surface area contributed by atoms with Gasteiger partial charge in [0.1, 0.15) is 17.3 Å². The molecule has 5 heteroatoms. The van der Waals surface area contributed by atoms with Crippen molar-refractivity contribution in [1.82, 2.24) is 5.32 Å². The predicted molar refractivity (Wildman–Crippen MR) is 181 cm³/mol. The summed E-state index contributed by atoms with van der Waals surface area (Å²) in [4.78, 5) is 10.1. The number of aliphatic imine (C=N–C) groups is 2. The fourth-order valence-electron chi connectivity index (χ4n) is 5.86. The van der Waals surface area contributed by atoms with Gasteiger partial charge in [0.05, 0.1) is 5.02 Å². The van der Waals surface area contributed by atoms with Crippen LogP contribution in [-0.4, -0.2) is 11.7 Å². The molecule has 210 valence electrons. The summed E-state index contributed by atoms with van der Waals surface area (Å²) >= 11 is 6.49. The van der Waals surface area contributed by atoms with E-state index in [1.54, 1.807) is 0 Å². The van der Waals surface area contributed by atoms with Gasteiger partial charge < -0.3 is 9.73 Å². The standard InChI is InChI=1S/C39H26ClN3O/c40-33-18-8-17-32-35-31(16-9-19-34(35)44-36(32)33)29-14-7-15-30(24-29)39-42-37(27-12-5-2-6-13-27)41-38(43-39)28-22-20-26(21-23-28)25-10-3-1-4-11-25/h1-24,37H,(H,41,42,43). The van der Waals surface area contributed by atoms with Gasteiger partial charge in [0.15, 0.2) is 11.7 Å². The van der Waals surface area contributed by atoms with E-state index in [1.165, 1.54) is 5.56 Å². The Morgan fingerprint density at radius 3 is 1.95 bits per heavy atom. The molecule has 0 amide bonds. The molecule has 6 aromatic carbocycles. The second-order valence-corrected chi connectivity index (χ2v) is 11.2. The van der Waals surface area contributed by atoms with Gasteiger partial charge in [-0.2, -0.15) is 0 Å². The Kier molecular flexibility index (Phi) is 6.55. The van der Waals surface area contributed by atoms with E-state index in [0.29, 0.717) is 10.6 Å². The lowest BCUT2D eigenvalue weighted by molar-refractivity contribution is 0.669. The highest BCUT2D eigenvalue weighted by Gasteiger charge is 2.21. The summed E-state index contributed by atoms with van der Waals surface area (Å²) < 4.78 is 6.17. The van der Waals surface area contributed by atoms with Crippen LogP contribution in [0.5, 0.6) is 0 Å². The zero-order valence-electron chi connectivity index (χ0n) is 23.6. The number of hydrogen-bond acceptors (Lipinski definition) is 4. The van der Waals surface area contributed by atoms with E-state index in [9.17, 15) is 0 Å². The molecule has 1 atom stereocenters. The summed E-state index contributed by atoms with van der Waals surface area (Å²) in [6, 6.07) is 49.6. The molecule has 1 aliphatic rings. The molecule has 0 bridgehead atoms. The van der Waals surface area contributed by atoms with Crippen LogP contribution in [0.1, 0.15) is 22.9 Å². The second kappa shape index (κ2) is 11.0. The highest BCUT2D eigenvalue weighted by atomic mass is 35.5. The Morgan fingerprint density at radius 2 is 1.16 bits per heavy atom. The zero-order valence-corrected chi connectivity index (χ0v) is 24.4. The Balaban J connectivity index is 1.20. The molecule has 0 radical (unpaired) electrons. The molecule has 44 heavy (non-hydrogen) atoms. The van der Waals surface area contributed by atoms with Crippen molar-refractivity contribution in [3.63, 3.8) is 0 Å². The third-order valence-electron chi connectivity index (χ3n) is 8.02. The Bertz CT molecular complexity index is 2200. The Morgan fingerprint density at radius 1 is 0.545 bits per heavy atom. The molecule has 0 aliphatic carbocycles. The minimum absolute atomic E-state index is 0.372. The number of nitrogens with zero attached hydrogens (tertiary/aromatic N) is 2. The van der Waals surface area contributed by atoms with Crippen LogP contribution in [0.25, 0.3) is 44.2 Å². The molecule has 8 rings (SSSR count). The molecule has 1 N–H and O–H groups in total. The summed E-state index contributed by atoms with van der Waals surface area (Å²) in [6.07, 6.45) is -0.372. The van der Waals surface area contributed by atoms with Crippen LogP contribution in [0.3, 0.4) is 0 Å². The lowest BCUT2D eigenvalue weighted by Crippen LogP contribution is -2.36. The number of para-hydroxylation sites is 1. The van der Waals surface area contributed by atoms with E-state index < -0.39 is 0 Å². The minimum Gasteiger partial charge on any atom is -0.454 e. The van der Waals surface area contributed by atoms with E-state index >= 15 is 0 Å². The molecule has 1 unspecified atom stereocenters. The molecule has 7 aromatic rings. The second-order valence-electron chi connectivity index (χ2n) is 10.8. The quantitative estimate of drug-likeness (QED) is 0.218. The molecular weight excluding hydrogens is 562 g/mol. The van der Waals surface area contributed by atoms with Gasteiger partial charge in [-0.05, 0) is 46.0 Å². The lowest BCUT2D eigenvalue weighted by atomic mass is 9.97. The summed E-state index contributed by atoms with van der Waals surface area (Å²) in [6.45, 7) is 0. The number of nitrogens with one attached hydrogen (secondary N) is 1. The average Bonchev–Trinajstić information content (AvgIpc) is 3.49.